The molecule has 0 saturated carbocycles. The normalized spacial score (nSPS) is 15.2. The number of carbonyl (C=O) groups is 1. The average molecular weight is 362 g/mol. The van der Waals surface area contributed by atoms with Crippen molar-refractivity contribution in [2.75, 3.05) is 26.2 Å². The first-order chi connectivity index (χ1) is 10.5. The molecule has 0 bridgehead atoms. The highest BCUT2D eigenvalue weighted by atomic mass is 35.5. The van der Waals surface area contributed by atoms with Crippen molar-refractivity contribution in [3.8, 4) is 0 Å². The molecule has 0 radical (unpaired) electrons. The van der Waals surface area contributed by atoms with E-state index in [2.05, 4.69) is 5.32 Å². The van der Waals surface area contributed by atoms with Crippen LogP contribution in [-0.2, 0) is 21.2 Å². The SMILES string of the molecule is Cl.NCCNC(=O)CCc1ccc(S(=O)(=O)N2CCCC2)cc1. The predicted molar refractivity (Wildman–Crippen MR) is 92.1 cm³/mol. The molecule has 1 aliphatic heterocycles. The topological polar surface area (TPSA) is 92.5 Å². The molecule has 8 heteroatoms. The Morgan fingerprint density at radius 3 is 2.35 bits per heavy atom. The lowest BCUT2D eigenvalue weighted by molar-refractivity contribution is -0.120. The molecule has 0 atom stereocenters. The molecular weight excluding hydrogens is 338 g/mol. The summed E-state index contributed by atoms with van der Waals surface area (Å²) in [6.07, 6.45) is 2.81. The van der Waals surface area contributed by atoms with Gasteiger partial charge < -0.3 is 11.1 Å². The highest BCUT2D eigenvalue weighted by Gasteiger charge is 2.26. The molecule has 23 heavy (non-hydrogen) atoms. The Hall–Kier alpha value is -1.15. The van der Waals surface area contributed by atoms with Gasteiger partial charge in [-0.15, -0.1) is 12.4 Å². The molecular formula is C15H24ClN3O3S. The van der Waals surface area contributed by atoms with Gasteiger partial charge >= 0.3 is 0 Å². The first-order valence-corrected chi connectivity index (χ1v) is 9.04. The van der Waals surface area contributed by atoms with Gasteiger partial charge in [-0.1, -0.05) is 12.1 Å². The third-order valence-corrected chi connectivity index (χ3v) is 5.65. The van der Waals surface area contributed by atoms with Gasteiger partial charge in [-0.05, 0) is 37.0 Å². The molecule has 1 heterocycles. The van der Waals surface area contributed by atoms with Crippen LogP contribution in [0.5, 0.6) is 0 Å². The van der Waals surface area contributed by atoms with Gasteiger partial charge in [0, 0.05) is 32.6 Å². The Bertz CT molecular complexity index is 599. The molecule has 1 aromatic rings. The summed E-state index contributed by atoms with van der Waals surface area (Å²) in [5.74, 6) is -0.0424. The molecule has 6 nitrogen and oxygen atoms in total. The zero-order valence-corrected chi connectivity index (χ0v) is 14.7. The number of sulfonamides is 1. The lowest BCUT2D eigenvalue weighted by atomic mass is 10.1. The highest BCUT2D eigenvalue weighted by Crippen LogP contribution is 2.21. The van der Waals surface area contributed by atoms with Gasteiger partial charge in [0.05, 0.1) is 4.90 Å². The van der Waals surface area contributed by atoms with E-state index >= 15 is 0 Å². The number of benzene rings is 1. The van der Waals surface area contributed by atoms with E-state index in [1.165, 1.54) is 4.31 Å². The second-order valence-electron chi connectivity index (χ2n) is 5.39. The number of aryl methyl sites for hydroxylation is 1. The number of rotatable bonds is 7. The molecule has 1 amide bonds. The van der Waals surface area contributed by atoms with Crippen LogP contribution in [0.2, 0.25) is 0 Å². The second-order valence-corrected chi connectivity index (χ2v) is 7.33. The van der Waals surface area contributed by atoms with Gasteiger partial charge in [0.15, 0.2) is 0 Å². The number of hydrogen-bond donors (Lipinski definition) is 2. The van der Waals surface area contributed by atoms with Gasteiger partial charge in [0.2, 0.25) is 15.9 Å². The Morgan fingerprint density at radius 2 is 1.78 bits per heavy atom. The van der Waals surface area contributed by atoms with E-state index < -0.39 is 10.0 Å². The van der Waals surface area contributed by atoms with Crippen LogP contribution in [0.3, 0.4) is 0 Å². The number of halogens is 1. The summed E-state index contributed by atoms with van der Waals surface area (Å²) in [5.41, 5.74) is 6.27. The van der Waals surface area contributed by atoms with Gasteiger partial charge in [0.25, 0.3) is 0 Å². The maximum absolute atomic E-state index is 12.4. The summed E-state index contributed by atoms with van der Waals surface area (Å²) in [7, 11) is -3.36. The molecule has 130 valence electrons. The van der Waals surface area contributed by atoms with Gasteiger partial charge in [-0.3, -0.25) is 4.79 Å². The van der Waals surface area contributed by atoms with Crippen molar-refractivity contribution < 1.29 is 13.2 Å². The van der Waals surface area contributed by atoms with E-state index in [0.29, 0.717) is 43.9 Å². The van der Waals surface area contributed by atoms with Crippen molar-refractivity contribution in [2.45, 2.75) is 30.6 Å². The maximum atomic E-state index is 12.4. The van der Waals surface area contributed by atoms with Crippen LogP contribution >= 0.6 is 12.4 Å². The van der Waals surface area contributed by atoms with E-state index in [-0.39, 0.29) is 18.3 Å². The number of amides is 1. The lowest BCUT2D eigenvalue weighted by Crippen LogP contribution is -2.29. The van der Waals surface area contributed by atoms with E-state index in [1.54, 1.807) is 24.3 Å². The number of nitrogens with zero attached hydrogens (tertiary/aromatic N) is 1. The molecule has 1 aromatic carbocycles. The Kier molecular flexibility index (Phi) is 7.98. The Labute approximate surface area is 143 Å². The minimum atomic E-state index is -3.36. The van der Waals surface area contributed by atoms with Crippen molar-refractivity contribution in [3.63, 3.8) is 0 Å². The number of hydrogen-bond acceptors (Lipinski definition) is 4. The first-order valence-electron chi connectivity index (χ1n) is 7.60. The van der Waals surface area contributed by atoms with Crippen LogP contribution in [0.25, 0.3) is 0 Å². The summed E-state index contributed by atoms with van der Waals surface area (Å²) < 4.78 is 26.3. The predicted octanol–water partition coefficient (Wildman–Crippen LogP) is 0.900. The van der Waals surface area contributed by atoms with Crippen LogP contribution in [0.1, 0.15) is 24.8 Å². The third-order valence-electron chi connectivity index (χ3n) is 3.73. The van der Waals surface area contributed by atoms with Crippen LogP contribution in [0.15, 0.2) is 29.2 Å². The molecule has 0 spiro atoms. The van der Waals surface area contributed by atoms with Crippen molar-refractivity contribution in [1.82, 2.24) is 9.62 Å². The summed E-state index contributed by atoms with van der Waals surface area (Å²) in [4.78, 5) is 11.8. The fraction of sp³-hybridized carbons (Fsp3) is 0.533. The summed E-state index contributed by atoms with van der Waals surface area (Å²) in [6.45, 7) is 2.11. The minimum Gasteiger partial charge on any atom is -0.355 e. The largest absolute Gasteiger partial charge is 0.355 e. The first kappa shape index (κ1) is 19.9. The zero-order valence-electron chi connectivity index (χ0n) is 13.0. The van der Waals surface area contributed by atoms with Crippen LogP contribution < -0.4 is 11.1 Å². The Balaban J connectivity index is 0.00000264. The number of nitrogens with two attached hydrogens (primary N) is 1. The molecule has 1 saturated heterocycles. The van der Waals surface area contributed by atoms with E-state index in [0.717, 1.165) is 18.4 Å². The van der Waals surface area contributed by atoms with Crippen LogP contribution in [0, 0.1) is 0 Å². The molecule has 3 N–H and O–H groups in total. The van der Waals surface area contributed by atoms with E-state index in [9.17, 15) is 13.2 Å². The average Bonchev–Trinajstić information content (AvgIpc) is 3.06. The van der Waals surface area contributed by atoms with E-state index in [1.807, 2.05) is 0 Å². The van der Waals surface area contributed by atoms with Crippen molar-refractivity contribution >= 4 is 28.3 Å². The van der Waals surface area contributed by atoms with Gasteiger partial charge in [0.1, 0.15) is 0 Å². The summed E-state index contributed by atoms with van der Waals surface area (Å²) in [6, 6.07) is 6.81. The summed E-state index contributed by atoms with van der Waals surface area (Å²) >= 11 is 0. The summed E-state index contributed by atoms with van der Waals surface area (Å²) in [5, 5.41) is 2.71. The molecule has 0 unspecified atom stereocenters. The fourth-order valence-corrected chi connectivity index (χ4v) is 3.98. The second kappa shape index (κ2) is 9.22. The van der Waals surface area contributed by atoms with Crippen molar-refractivity contribution in [3.05, 3.63) is 29.8 Å². The Morgan fingerprint density at radius 1 is 1.17 bits per heavy atom. The van der Waals surface area contributed by atoms with Crippen LogP contribution in [0.4, 0.5) is 0 Å². The van der Waals surface area contributed by atoms with Crippen molar-refractivity contribution in [1.29, 1.82) is 0 Å². The number of nitrogens with one attached hydrogen (secondary N) is 1. The smallest absolute Gasteiger partial charge is 0.243 e. The van der Waals surface area contributed by atoms with Crippen molar-refractivity contribution in [2.24, 2.45) is 5.73 Å². The monoisotopic (exact) mass is 361 g/mol. The van der Waals surface area contributed by atoms with E-state index in [4.69, 9.17) is 5.73 Å². The third kappa shape index (κ3) is 5.46. The molecule has 0 aromatic heterocycles. The molecule has 1 fully saturated rings. The number of carbonyl (C=O) groups excluding carboxylic acids is 1. The standard InChI is InChI=1S/C15H23N3O3S.ClH/c16-9-10-17-15(19)8-5-13-3-6-14(7-4-13)22(20,21)18-11-1-2-12-18;/h3-4,6-7H,1-2,5,8-12,16H2,(H,17,19);1H. The fourth-order valence-electron chi connectivity index (χ4n) is 2.46. The lowest BCUT2D eigenvalue weighted by Gasteiger charge is -2.15. The zero-order chi connectivity index (χ0) is 16.0. The molecule has 2 rings (SSSR count). The quantitative estimate of drug-likeness (QED) is 0.754. The van der Waals surface area contributed by atoms with Gasteiger partial charge in [-0.25, -0.2) is 8.42 Å². The molecule has 1 aliphatic rings. The molecule has 0 aliphatic carbocycles. The van der Waals surface area contributed by atoms with Gasteiger partial charge in [-0.2, -0.15) is 4.31 Å². The maximum Gasteiger partial charge on any atom is 0.243 e. The minimum absolute atomic E-state index is 0. The van der Waals surface area contributed by atoms with Crippen LogP contribution in [-0.4, -0.2) is 44.8 Å². The highest BCUT2D eigenvalue weighted by molar-refractivity contribution is 7.89.